The first kappa shape index (κ1) is 12.0. The molecule has 92 valence electrons. The number of pyridine rings is 1. The monoisotopic (exact) mass is 233 g/mol. The van der Waals surface area contributed by atoms with Crippen molar-refractivity contribution < 1.29 is 4.79 Å². The molecule has 1 saturated heterocycles. The Bertz CT molecular complexity index is 347. The van der Waals surface area contributed by atoms with Crippen molar-refractivity contribution in [3.8, 4) is 0 Å². The summed E-state index contributed by atoms with van der Waals surface area (Å²) in [5, 5.41) is 2.92. The fourth-order valence-electron chi connectivity index (χ4n) is 2.11. The summed E-state index contributed by atoms with van der Waals surface area (Å²) in [7, 11) is 0. The Hall–Kier alpha value is -1.42. The van der Waals surface area contributed by atoms with Crippen molar-refractivity contribution in [1.29, 1.82) is 0 Å². The van der Waals surface area contributed by atoms with Crippen molar-refractivity contribution in [2.45, 2.75) is 19.3 Å². The van der Waals surface area contributed by atoms with Crippen LogP contribution in [0.25, 0.3) is 0 Å². The molecule has 0 unspecified atom stereocenters. The highest BCUT2D eigenvalue weighted by Gasteiger charge is 2.10. The maximum absolute atomic E-state index is 11.7. The Morgan fingerprint density at radius 2 is 2.24 bits per heavy atom. The highest BCUT2D eigenvalue weighted by Crippen LogP contribution is 2.06. The molecule has 1 aromatic heterocycles. The highest BCUT2D eigenvalue weighted by molar-refractivity contribution is 5.93. The molecule has 0 bridgehead atoms. The SMILES string of the molecule is O=C(NCCCN1CCCC1)c1cccnc1. The molecule has 1 N–H and O–H groups in total. The van der Waals surface area contributed by atoms with Gasteiger partial charge in [-0.15, -0.1) is 0 Å². The fourth-order valence-corrected chi connectivity index (χ4v) is 2.11. The molecule has 1 aliphatic rings. The maximum atomic E-state index is 11.7. The molecular weight excluding hydrogens is 214 g/mol. The quantitative estimate of drug-likeness (QED) is 0.780. The molecule has 0 aliphatic carbocycles. The van der Waals surface area contributed by atoms with E-state index < -0.39 is 0 Å². The summed E-state index contributed by atoms with van der Waals surface area (Å²) in [5.41, 5.74) is 0.633. The van der Waals surface area contributed by atoms with E-state index in [1.807, 2.05) is 0 Å². The molecular formula is C13H19N3O. The minimum atomic E-state index is -0.0282. The molecule has 2 rings (SSSR count). The summed E-state index contributed by atoms with van der Waals surface area (Å²) in [6.07, 6.45) is 6.93. The summed E-state index contributed by atoms with van der Waals surface area (Å²) >= 11 is 0. The largest absolute Gasteiger partial charge is 0.352 e. The summed E-state index contributed by atoms with van der Waals surface area (Å²) in [6.45, 7) is 4.27. The van der Waals surface area contributed by atoms with Crippen molar-refractivity contribution in [2.24, 2.45) is 0 Å². The Morgan fingerprint density at radius 1 is 1.41 bits per heavy atom. The van der Waals surface area contributed by atoms with Crippen molar-refractivity contribution in [1.82, 2.24) is 15.2 Å². The third kappa shape index (κ3) is 3.82. The van der Waals surface area contributed by atoms with Gasteiger partial charge in [0.2, 0.25) is 0 Å². The molecule has 1 fully saturated rings. The van der Waals surface area contributed by atoms with Crippen LogP contribution in [0, 0.1) is 0 Å². The van der Waals surface area contributed by atoms with Gasteiger partial charge in [-0.05, 0) is 51.0 Å². The van der Waals surface area contributed by atoms with E-state index >= 15 is 0 Å². The van der Waals surface area contributed by atoms with Crippen LogP contribution in [-0.2, 0) is 0 Å². The van der Waals surface area contributed by atoms with Gasteiger partial charge in [-0.2, -0.15) is 0 Å². The van der Waals surface area contributed by atoms with Gasteiger partial charge in [-0.3, -0.25) is 9.78 Å². The lowest BCUT2D eigenvalue weighted by atomic mass is 10.2. The van der Waals surface area contributed by atoms with E-state index in [4.69, 9.17) is 0 Å². The number of nitrogens with zero attached hydrogens (tertiary/aromatic N) is 2. The highest BCUT2D eigenvalue weighted by atomic mass is 16.1. The Morgan fingerprint density at radius 3 is 2.94 bits per heavy atom. The van der Waals surface area contributed by atoms with Crippen LogP contribution in [0.15, 0.2) is 24.5 Å². The molecule has 2 heterocycles. The van der Waals surface area contributed by atoms with Gasteiger partial charge in [0.05, 0.1) is 5.56 Å². The van der Waals surface area contributed by atoms with Crippen LogP contribution >= 0.6 is 0 Å². The first-order chi connectivity index (χ1) is 8.36. The van der Waals surface area contributed by atoms with Crippen molar-refractivity contribution in [3.05, 3.63) is 30.1 Å². The van der Waals surface area contributed by atoms with Crippen LogP contribution in [0.4, 0.5) is 0 Å². The molecule has 1 amide bonds. The van der Waals surface area contributed by atoms with E-state index in [1.165, 1.54) is 25.9 Å². The third-order valence-corrected chi connectivity index (χ3v) is 3.06. The molecule has 0 aromatic carbocycles. The van der Waals surface area contributed by atoms with Crippen LogP contribution in [0.2, 0.25) is 0 Å². The lowest BCUT2D eigenvalue weighted by Crippen LogP contribution is -2.28. The lowest BCUT2D eigenvalue weighted by molar-refractivity contribution is 0.0951. The molecule has 4 heteroatoms. The first-order valence-corrected chi connectivity index (χ1v) is 6.27. The number of carbonyl (C=O) groups excluding carboxylic acids is 1. The Kier molecular flexibility index (Phi) is 4.50. The van der Waals surface area contributed by atoms with Crippen LogP contribution in [-0.4, -0.2) is 42.0 Å². The van der Waals surface area contributed by atoms with Gasteiger partial charge in [0, 0.05) is 18.9 Å². The first-order valence-electron chi connectivity index (χ1n) is 6.27. The van der Waals surface area contributed by atoms with E-state index in [9.17, 15) is 4.79 Å². The summed E-state index contributed by atoms with van der Waals surface area (Å²) < 4.78 is 0. The van der Waals surface area contributed by atoms with Gasteiger partial charge in [0.1, 0.15) is 0 Å². The average molecular weight is 233 g/mol. The molecule has 0 radical (unpaired) electrons. The van der Waals surface area contributed by atoms with Crippen molar-refractivity contribution in [3.63, 3.8) is 0 Å². The van der Waals surface area contributed by atoms with E-state index in [0.717, 1.165) is 19.5 Å². The average Bonchev–Trinajstić information content (AvgIpc) is 2.88. The lowest BCUT2D eigenvalue weighted by Gasteiger charge is -2.14. The van der Waals surface area contributed by atoms with Gasteiger partial charge >= 0.3 is 0 Å². The van der Waals surface area contributed by atoms with E-state index in [0.29, 0.717) is 5.56 Å². The van der Waals surface area contributed by atoms with Crippen LogP contribution in [0.3, 0.4) is 0 Å². The Labute approximate surface area is 102 Å². The van der Waals surface area contributed by atoms with Crippen LogP contribution in [0.1, 0.15) is 29.6 Å². The van der Waals surface area contributed by atoms with Crippen LogP contribution in [0.5, 0.6) is 0 Å². The van der Waals surface area contributed by atoms with Crippen molar-refractivity contribution in [2.75, 3.05) is 26.2 Å². The number of rotatable bonds is 5. The molecule has 0 saturated carbocycles. The number of carbonyl (C=O) groups is 1. The normalized spacial score (nSPS) is 16.0. The summed E-state index contributed by atoms with van der Waals surface area (Å²) in [4.78, 5) is 18.1. The molecule has 17 heavy (non-hydrogen) atoms. The number of nitrogens with one attached hydrogen (secondary N) is 1. The molecule has 0 atom stereocenters. The molecule has 4 nitrogen and oxygen atoms in total. The zero-order valence-electron chi connectivity index (χ0n) is 10.1. The molecule has 0 spiro atoms. The van der Waals surface area contributed by atoms with E-state index in [2.05, 4.69) is 15.2 Å². The van der Waals surface area contributed by atoms with Gasteiger partial charge in [0.25, 0.3) is 5.91 Å². The molecule has 1 aliphatic heterocycles. The second-order valence-corrected chi connectivity index (χ2v) is 4.40. The predicted molar refractivity (Wildman–Crippen MR) is 66.9 cm³/mol. The van der Waals surface area contributed by atoms with Gasteiger partial charge in [0.15, 0.2) is 0 Å². The number of likely N-dealkylation sites (tertiary alicyclic amines) is 1. The molecule has 1 aromatic rings. The Balaban J connectivity index is 1.63. The number of amides is 1. The van der Waals surface area contributed by atoms with Crippen LogP contribution < -0.4 is 5.32 Å². The van der Waals surface area contributed by atoms with E-state index in [-0.39, 0.29) is 5.91 Å². The predicted octanol–water partition coefficient (Wildman–Crippen LogP) is 1.30. The van der Waals surface area contributed by atoms with Gasteiger partial charge in [-0.1, -0.05) is 0 Å². The standard InChI is InChI=1S/C13H19N3O/c17-13(12-5-3-6-14-11-12)15-7-4-10-16-8-1-2-9-16/h3,5-6,11H,1-2,4,7-10H2,(H,15,17). The second kappa shape index (κ2) is 6.35. The zero-order valence-corrected chi connectivity index (χ0v) is 10.1. The van der Waals surface area contributed by atoms with E-state index in [1.54, 1.807) is 24.5 Å². The fraction of sp³-hybridized carbons (Fsp3) is 0.538. The van der Waals surface area contributed by atoms with Crippen molar-refractivity contribution >= 4 is 5.91 Å². The zero-order chi connectivity index (χ0) is 11.9. The topological polar surface area (TPSA) is 45.2 Å². The number of aromatic nitrogens is 1. The smallest absolute Gasteiger partial charge is 0.252 e. The second-order valence-electron chi connectivity index (χ2n) is 4.40. The van der Waals surface area contributed by atoms with Gasteiger partial charge in [-0.25, -0.2) is 0 Å². The summed E-state index contributed by atoms with van der Waals surface area (Å²) in [6, 6.07) is 3.56. The minimum absolute atomic E-state index is 0.0282. The number of hydrogen-bond acceptors (Lipinski definition) is 3. The minimum Gasteiger partial charge on any atom is -0.352 e. The maximum Gasteiger partial charge on any atom is 0.252 e. The van der Waals surface area contributed by atoms with Gasteiger partial charge < -0.3 is 10.2 Å². The number of hydrogen-bond donors (Lipinski definition) is 1. The summed E-state index contributed by atoms with van der Waals surface area (Å²) in [5.74, 6) is -0.0282. The third-order valence-electron chi connectivity index (χ3n) is 3.06.